The van der Waals surface area contributed by atoms with E-state index < -0.39 is 8.07 Å². The number of hydrogen-bond acceptors (Lipinski definition) is 0. The van der Waals surface area contributed by atoms with Crippen LogP contribution in [0.25, 0.3) is 0 Å². The van der Waals surface area contributed by atoms with E-state index in [4.69, 9.17) is 0 Å². The minimum absolute atomic E-state index is 0.855. The summed E-state index contributed by atoms with van der Waals surface area (Å²) in [7, 11) is -0.855. The Morgan fingerprint density at radius 3 is 2.20 bits per heavy atom. The zero-order valence-electron chi connectivity index (χ0n) is 7.32. The Kier molecular flexibility index (Phi) is 2.56. The molecule has 0 unspecified atom stereocenters. The van der Waals surface area contributed by atoms with Crippen LogP contribution in [0.3, 0.4) is 0 Å². The maximum Gasteiger partial charge on any atom is 0.0504 e. The molecule has 0 amide bonds. The van der Waals surface area contributed by atoms with Gasteiger partial charge in [-0.15, -0.1) is 0 Å². The van der Waals surface area contributed by atoms with Crippen molar-refractivity contribution in [1.82, 2.24) is 0 Å². The van der Waals surface area contributed by atoms with Gasteiger partial charge in [-0.25, -0.2) is 0 Å². The van der Waals surface area contributed by atoms with E-state index in [0.717, 1.165) is 5.54 Å². The molecule has 0 bridgehead atoms. The van der Waals surface area contributed by atoms with Crippen molar-refractivity contribution in [1.29, 1.82) is 0 Å². The molecule has 10 heavy (non-hydrogen) atoms. The molecule has 0 N–H and O–H groups in total. The van der Waals surface area contributed by atoms with Gasteiger partial charge in [-0.3, -0.25) is 0 Å². The van der Waals surface area contributed by atoms with E-state index >= 15 is 0 Å². The van der Waals surface area contributed by atoms with Crippen molar-refractivity contribution in [3.63, 3.8) is 0 Å². The normalized spacial score (nSPS) is 21.9. The number of hydrogen-bond donors (Lipinski definition) is 0. The Balaban J connectivity index is 2.45. The van der Waals surface area contributed by atoms with Gasteiger partial charge in [0.25, 0.3) is 0 Å². The molecule has 0 aromatic rings. The molecule has 0 aromatic carbocycles. The molecular weight excluding hydrogens is 136 g/mol. The molecule has 0 aliphatic heterocycles. The fourth-order valence-corrected chi connectivity index (χ4v) is 4.29. The fourth-order valence-electron chi connectivity index (χ4n) is 1.91. The molecule has 0 spiro atoms. The molecule has 1 saturated carbocycles. The lowest BCUT2D eigenvalue weighted by Crippen LogP contribution is -2.29. The van der Waals surface area contributed by atoms with Crippen LogP contribution in [0.4, 0.5) is 0 Å². The predicted octanol–water partition coefficient (Wildman–Crippen LogP) is 3.47. The van der Waals surface area contributed by atoms with E-state index in [1.54, 1.807) is 0 Å². The number of rotatable bonds is 2. The summed E-state index contributed by atoms with van der Waals surface area (Å²) in [5.74, 6) is 0. The van der Waals surface area contributed by atoms with Crippen molar-refractivity contribution in [3.05, 3.63) is 6.92 Å². The first-order valence-electron chi connectivity index (χ1n) is 4.46. The lowest BCUT2D eigenvalue weighted by molar-refractivity contribution is 0.834. The predicted molar refractivity (Wildman–Crippen MR) is 49.9 cm³/mol. The van der Waals surface area contributed by atoms with Crippen LogP contribution in [-0.4, -0.2) is 8.07 Å². The van der Waals surface area contributed by atoms with Crippen LogP contribution in [0.2, 0.25) is 24.7 Å². The largest absolute Gasteiger partial charge is 0.0691 e. The highest BCUT2D eigenvalue weighted by molar-refractivity contribution is 6.79. The summed E-state index contributed by atoms with van der Waals surface area (Å²) in [4.78, 5) is 0. The zero-order chi connectivity index (χ0) is 7.61. The quantitative estimate of drug-likeness (QED) is 0.536. The topological polar surface area (TPSA) is 0 Å². The van der Waals surface area contributed by atoms with E-state index in [2.05, 4.69) is 20.0 Å². The third kappa shape index (κ3) is 1.63. The van der Waals surface area contributed by atoms with Crippen LogP contribution in [0, 0.1) is 6.92 Å². The molecule has 1 fully saturated rings. The molecule has 1 aliphatic carbocycles. The highest BCUT2D eigenvalue weighted by Gasteiger charge is 2.31. The minimum atomic E-state index is -0.855. The van der Waals surface area contributed by atoms with Crippen molar-refractivity contribution in [3.8, 4) is 0 Å². The highest BCUT2D eigenvalue weighted by Crippen LogP contribution is 2.39. The summed E-state index contributed by atoms with van der Waals surface area (Å²) in [6, 6.07) is 1.23. The fraction of sp³-hybridized carbons (Fsp3) is 0.889. The molecular formula is C9H19Si. The standard InChI is InChI=1S/C9H19Si/c1-4-10(2,3)9-7-5-6-8-9/h9H,1,4-8H2,2-3H3. The highest BCUT2D eigenvalue weighted by atomic mass is 28.3. The van der Waals surface area contributed by atoms with Crippen LogP contribution < -0.4 is 0 Å². The summed E-state index contributed by atoms with van der Waals surface area (Å²) in [6.45, 7) is 9.06. The van der Waals surface area contributed by atoms with E-state index in [1.165, 1.54) is 31.7 Å². The molecule has 0 atom stereocenters. The third-order valence-electron chi connectivity index (χ3n) is 3.10. The van der Waals surface area contributed by atoms with Crippen LogP contribution in [0.1, 0.15) is 25.7 Å². The van der Waals surface area contributed by atoms with Gasteiger partial charge in [0.1, 0.15) is 0 Å². The molecule has 0 saturated heterocycles. The molecule has 1 heteroatoms. The molecule has 1 radical (unpaired) electrons. The van der Waals surface area contributed by atoms with Crippen LogP contribution >= 0.6 is 0 Å². The van der Waals surface area contributed by atoms with Gasteiger partial charge in [-0.05, 0) is 5.54 Å². The van der Waals surface area contributed by atoms with Gasteiger partial charge < -0.3 is 0 Å². The monoisotopic (exact) mass is 155 g/mol. The van der Waals surface area contributed by atoms with E-state index in [0.29, 0.717) is 0 Å². The van der Waals surface area contributed by atoms with Crippen molar-refractivity contribution < 1.29 is 0 Å². The van der Waals surface area contributed by atoms with Gasteiger partial charge in [-0.1, -0.05) is 51.7 Å². The van der Waals surface area contributed by atoms with Gasteiger partial charge in [0.05, 0.1) is 8.07 Å². The first kappa shape index (κ1) is 8.31. The Hall–Kier alpha value is 0.217. The van der Waals surface area contributed by atoms with E-state index in [1.807, 2.05) is 0 Å². The van der Waals surface area contributed by atoms with Gasteiger partial charge in [0.2, 0.25) is 0 Å². The smallest absolute Gasteiger partial charge is 0.0504 e. The second kappa shape index (κ2) is 3.08. The summed E-state index contributed by atoms with van der Waals surface area (Å²) < 4.78 is 0. The Bertz CT molecular complexity index is 101. The average Bonchev–Trinajstić information content (AvgIpc) is 2.38. The van der Waals surface area contributed by atoms with Gasteiger partial charge in [-0.2, -0.15) is 0 Å². The maximum atomic E-state index is 4.06. The minimum Gasteiger partial charge on any atom is -0.0691 e. The van der Waals surface area contributed by atoms with E-state index in [9.17, 15) is 0 Å². The summed E-state index contributed by atoms with van der Waals surface area (Å²) >= 11 is 0. The molecule has 1 rings (SSSR count). The first-order valence-corrected chi connectivity index (χ1v) is 7.74. The second-order valence-corrected chi connectivity index (χ2v) is 9.51. The van der Waals surface area contributed by atoms with Crippen molar-refractivity contribution in [2.24, 2.45) is 0 Å². The van der Waals surface area contributed by atoms with Crippen LogP contribution in [-0.2, 0) is 0 Å². The lowest BCUT2D eigenvalue weighted by Gasteiger charge is -2.27. The van der Waals surface area contributed by atoms with Crippen molar-refractivity contribution in [2.75, 3.05) is 0 Å². The zero-order valence-corrected chi connectivity index (χ0v) is 8.32. The molecule has 0 nitrogen and oxygen atoms in total. The SMILES string of the molecule is [CH2]C[Si](C)(C)C1CCCC1. The Morgan fingerprint density at radius 1 is 1.30 bits per heavy atom. The van der Waals surface area contributed by atoms with Crippen LogP contribution in [0.5, 0.6) is 0 Å². The van der Waals surface area contributed by atoms with Gasteiger partial charge in [0, 0.05) is 0 Å². The average molecular weight is 155 g/mol. The summed E-state index contributed by atoms with van der Waals surface area (Å²) in [6.07, 6.45) is 5.99. The summed E-state index contributed by atoms with van der Waals surface area (Å²) in [5.41, 5.74) is 1.10. The first-order chi connectivity index (χ1) is 4.67. The van der Waals surface area contributed by atoms with Gasteiger partial charge in [0.15, 0.2) is 0 Å². The molecule has 59 valence electrons. The third-order valence-corrected chi connectivity index (χ3v) is 7.18. The summed E-state index contributed by atoms with van der Waals surface area (Å²) in [5, 5.41) is 0. The molecule has 0 aromatic heterocycles. The van der Waals surface area contributed by atoms with Crippen molar-refractivity contribution in [2.45, 2.75) is 50.4 Å². The van der Waals surface area contributed by atoms with Crippen LogP contribution in [0.15, 0.2) is 0 Å². The lowest BCUT2D eigenvalue weighted by atomic mass is 10.4. The van der Waals surface area contributed by atoms with Gasteiger partial charge >= 0.3 is 0 Å². The molecule has 1 aliphatic rings. The molecule has 0 heterocycles. The maximum absolute atomic E-state index is 4.06. The Labute approximate surface area is 66.0 Å². The second-order valence-electron chi connectivity index (χ2n) is 4.22. The van der Waals surface area contributed by atoms with Crippen molar-refractivity contribution >= 4 is 8.07 Å². The van der Waals surface area contributed by atoms with E-state index in [-0.39, 0.29) is 0 Å². The Morgan fingerprint density at radius 2 is 1.80 bits per heavy atom.